The molecule has 1 aliphatic rings. The third kappa shape index (κ3) is 18.7. The number of primary sulfonamides is 1. The normalized spacial score (nSPS) is 16.2. The van der Waals surface area contributed by atoms with E-state index in [1.807, 2.05) is 72.9 Å². The van der Waals surface area contributed by atoms with Crippen molar-refractivity contribution in [3.8, 4) is 0 Å². The highest BCUT2D eigenvalue weighted by molar-refractivity contribution is 7.91. The molecule has 19 heteroatoms. The maximum Gasteiger partial charge on any atom is 0.267 e. The van der Waals surface area contributed by atoms with Crippen LogP contribution in [-0.4, -0.2) is 114 Å². The number of benzene rings is 2. The summed E-state index contributed by atoms with van der Waals surface area (Å²) in [6.45, 7) is 16.0. The van der Waals surface area contributed by atoms with Crippen LogP contribution in [0.2, 0.25) is 0 Å². The molecule has 0 fully saturated rings. The highest BCUT2D eigenvalue weighted by Crippen LogP contribution is 2.48. The third-order valence-electron chi connectivity index (χ3n) is 13.5. The second kappa shape index (κ2) is 30.4. The number of nitrogens with two attached hydrogens (primary N) is 1. The topological polar surface area (TPSA) is 270 Å². The minimum absolute atomic E-state index is 0.0594. The molecule has 3 aromatic rings. The highest BCUT2D eigenvalue weighted by Gasteiger charge is 2.40. The van der Waals surface area contributed by atoms with Crippen LogP contribution in [0.4, 0.5) is 10.8 Å². The standard InChI is InChI=1S/C56H82N8O9S2/c1-8-10-21-32-58-46(55(4,5)42-26-24-25-40(35-42)51(70)59-33-22-17-13-16-20-29-48(67)61-53-62-63-54(74-53)75(57,72)73)27-18-14-12-15-19-28-47-56(6,7)43-36-41(30-31-44(43)64(47)34-23-11-9-2)52(71)60-37-39(3)49(68)50(69)45(66)38-65/h12,14-15,18-19,24-28,30-31,35-36,39,45,49-50,65-66,68-69H,8-11,13,16-17,20-23,29,32-34,37-38H2,1-7H3,(H,59,70)(H,60,71)(H2,57,72,73)(H,61,62,67)/b14-12+,19-15+,27-18+,47-28+,58-46?/t39-,45+,49+,50+/m0/s1. The zero-order valence-electron chi connectivity index (χ0n) is 44.9. The number of anilines is 2. The summed E-state index contributed by atoms with van der Waals surface area (Å²) in [5.74, 6) is -1.32. The highest BCUT2D eigenvalue weighted by atomic mass is 32.2. The molecule has 0 saturated heterocycles. The maximum absolute atomic E-state index is 13.4. The van der Waals surface area contributed by atoms with Gasteiger partial charge in [-0.25, -0.2) is 13.6 Å². The fraction of sp³-hybridized carbons (Fsp3) is 0.536. The summed E-state index contributed by atoms with van der Waals surface area (Å²) in [6, 6.07) is 13.4. The van der Waals surface area contributed by atoms with Gasteiger partial charge in [-0.15, -0.1) is 10.2 Å². The van der Waals surface area contributed by atoms with Crippen molar-refractivity contribution in [2.24, 2.45) is 16.0 Å². The summed E-state index contributed by atoms with van der Waals surface area (Å²) >= 11 is 0.706. The zero-order chi connectivity index (χ0) is 55.2. The van der Waals surface area contributed by atoms with Crippen LogP contribution in [0.3, 0.4) is 0 Å². The lowest BCUT2D eigenvalue weighted by Crippen LogP contribution is -2.45. The van der Waals surface area contributed by atoms with Crippen molar-refractivity contribution in [2.75, 3.05) is 43.0 Å². The molecule has 4 rings (SSSR count). The van der Waals surface area contributed by atoms with Crippen molar-refractivity contribution in [3.05, 3.63) is 113 Å². The molecular weight excluding hydrogens is 993 g/mol. The largest absolute Gasteiger partial charge is 0.394 e. The molecule has 75 heavy (non-hydrogen) atoms. The molecule has 17 nitrogen and oxygen atoms in total. The zero-order valence-corrected chi connectivity index (χ0v) is 46.6. The molecule has 2 aromatic carbocycles. The molecule has 0 aliphatic carbocycles. The van der Waals surface area contributed by atoms with Gasteiger partial charge in [0.1, 0.15) is 12.2 Å². The van der Waals surface area contributed by atoms with E-state index in [9.17, 15) is 38.1 Å². The van der Waals surface area contributed by atoms with Crippen molar-refractivity contribution in [2.45, 2.75) is 159 Å². The van der Waals surface area contributed by atoms with E-state index < -0.39 is 51.7 Å². The number of fused-ring (bicyclic) bond motifs is 1. The number of amides is 3. The first-order chi connectivity index (χ1) is 35.7. The Morgan fingerprint density at radius 3 is 2.21 bits per heavy atom. The number of carbonyl (C=O) groups excluding carboxylic acids is 3. The Kier molecular flexibility index (Phi) is 25.2. The molecule has 0 unspecified atom stereocenters. The minimum Gasteiger partial charge on any atom is -0.394 e. The Hall–Kier alpha value is -5.41. The summed E-state index contributed by atoms with van der Waals surface area (Å²) in [5, 5.41) is 60.2. The van der Waals surface area contributed by atoms with Crippen LogP contribution in [-0.2, 0) is 25.6 Å². The second-order valence-electron chi connectivity index (χ2n) is 20.2. The van der Waals surface area contributed by atoms with Crippen LogP contribution >= 0.6 is 11.3 Å². The number of nitrogens with one attached hydrogen (secondary N) is 3. The Morgan fingerprint density at radius 1 is 0.840 bits per heavy atom. The Bertz CT molecular complexity index is 2610. The quantitative estimate of drug-likeness (QED) is 0.0129. The van der Waals surface area contributed by atoms with Gasteiger partial charge in [0.15, 0.2) is 0 Å². The first kappa shape index (κ1) is 62.1. The lowest BCUT2D eigenvalue weighted by molar-refractivity contribution is -0.116. The van der Waals surface area contributed by atoms with Gasteiger partial charge in [-0.05, 0) is 79.3 Å². The van der Waals surface area contributed by atoms with Crippen LogP contribution in [0.15, 0.2) is 100 Å². The Morgan fingerprint density at radius 2 is 1.51 bits per heavy atom. The molecule has 3 amide bonds. The summed E-state index contributed by atoms with van der Waals surface area (Å²) in [4.78, 5) is 46.4. The smallest absolute Gasteiger partial charge is 0.267 e. The van der Waals surface area contributed by atoms with E-state index in [1.54, 1.807) is 13.0 Å². The number of carbonyl (C=O) groups is 3. The van der Waals surface area contributed by atoms with Crippen LogP contribution in [0.5, 0.6) is 0 Å². The number of allylic oxidation sites excluding steroid dienone is 8. The van der Waals surface area contributed by atoms with E-state index >= 15 is 0 Å². The third-order valence-corrected chi connectivity index (χ3v) is 15.6. The van der Waals surface area contributed by atoms with Crippen molar-refractivity contribution < 1.29 is 43.2 Å². The molecule has 0 saturated carbocycles. The molecule has 412 valence electrons. The van der Waals surface area contributed by atoms with E-state index in [0.29, 0.717) is 42.0 Å². The fourth-order valence-electron chi connectivity index (χ4n) is 8.73. The fourth-order valence-corrected chi connectivity index (χ4v) is 10.1. The number of nitrogens with zero attached hydrogens (tertiary/aromatic N) is 4. The Balaban J connectivity index is 1.36. The maximum atomic E-state index is 13.4. The SMILES string of the molecule is CCCCCN=C(/C=C/C=C/C=C/C=C1/N(CCCCC)c2ccc(C(=O)NC[C@H](C)[C@@H](O)[C@H](O)[C@H](O)CO)cc2C1(C)C)C(C)(C)c1cccc(C(=O)NCCCCCCCC(=O)Nc2nnc(S(N)(=O)=O)s2)c1. The Labute approximate surface area is 448 Å². The number of aliphatic hydroxyl groups excluding tert-OH is 4. The van der Waals surface area contributed by atoms with E-state index in [0.717, 1.165) is 99.0 Å². The summed E-state index contributed by atoms with van der Waals surface area (Å²) < 4.78 is 22.4. The molecule has 0 spiro atoms. The number of sulfonamides is 1. The monoisotopic (exact) mass is 1070 g/mol. The lowest BCUT2D eigenvalue weighted by atomic mass is 9.79. The van der Waals surface area contributed by atoms with Gasteiger partial charge in [-0.2, -0.15) is 0 Å². The number of aliphatic hydroxyl groups is 4. The van der Waals surface area contributed by atoms with E-state index in [-0.39, 0.29) is 40.2 Å². The lowest BCUT2D eigenvalue weighted by Gasteiger charge is -2.27. The molecule has 0 bridgehead atoms. The van der Waals surface area contributed by atoms with Gasteiger partial charge in [0.25, 0.3) is 21.8 Å². The molecule has 9 N–H and O–H groups in total. The van der Waals surface area contributed by atoms with E-state index in [2.05, 4.69) is 78.7 Å². The number of aliphatic imine (C=N–C) groups is 1. The van der Waals surface area contributed by atoms with Gasteiger partial charge < -0.3 is 41.3 Å². The summed E-state index contributed by atoms with van der Waals surface area (Å²) in [5.41, 5.74) is 5.21. The van der Waals surface area contributed by atoms with Crippen molar-refractivity contribution in [1.29, 1.82) is 0 Å². The minimum atomic E-state index is -3.97. The summed E-state index contributed by atoms with van der Waals surface area (Å²) in [6.07, 6.45) is 20.5. The summed E-state index contributed by atoms with van der Waals surface area (Å²) in [7, 11) is -3.97. The average molecular weight is 1080 g/mol. The molecule has 1 aliphatic heterocycles. The molecule has 2 heterocycles. The van der Waals surface area contributed by atoms with Gasteiger partial charge >= 0.3 is 0 Å². The predicted octanol–water partition coefficient (Wildman–Crippen LogP) is 7.78. The van der Waals surface area contributed by atoms with Crippen molar-refractivity contribution in [1.82, 2.24) is 20.8 Å². The van der Waals surface area contributed by atoms with Crippen molar-refractivity contribution in [3.63, 3.8) is 0 Å². The second-order valence-corrected chi connectivity index (χ2v) is 22.9. The molecule has 0 radical (unpaired) electrons. The van der Waals surface area contributed by atoms with Gasteiger partial charge in [0, 0.05) is 77.6 Å². The number of unbranched alkanes of at least 4 members (excludes halogenated alkanes) is 8. The first-order valence-corrected chi connectivity index (χ1v) is 28.7. The molecule has 4 atom stereocenters. The van der Waals surface area contributed by atoms with Gasteiger partial charge in [-0.3, -0.25) is 19.4 Å². The number of hydrogen-bond donors (Lipinski definition) is 8. The van der Waals surface area contributed by atoms with Gasteiger partial charge in [0.2, 0.25) is 15.4 Å². The molecular formula is C56H82N8O9S2. The number of rotatable bonds is 32. The number of aromatic nitrogens is 2. The van der Waals surface area contributed by atoms with Crippen LogP contribution in [0.1, 0.15) is 157 Å². The van der Waals surface area contributed by atoms with Gasteiger partial charge in [-0.1, -0.05) is 147 Å². The first-order valence-electron chi connectivity index (χ1n) is 26.3. The van der Waals surface area contributed by atoms with Crippen molar-refractivity contribution >= 4 is 55.6 Å². The van der Waals surface area contributed by atoms with E-state index in [4.69, 9.17) is 15.2 Å². The predicted molar refractivity (Wildman–Crippen MR) is 300 cm³/mol. The van der Waals surface area contributed by atoms with Crippen LogP contribution < -0.4 is 26.0 Å². The van der Waals surface area contributed by atoms with E-state index in [1.165, 1.54) is 0 Å². The molecule has 1 aromatic heterocycles. The van der Waals surface area contributed by atoms with Crippen LogP contribution in [0, 0.1) is 5.92 Å². The number of hydrogen-bond acceptors (Lipinski definition) is 14. The van der Waals surface area contributed by atoms with Crippen LogP contribution in [0.25, 0.3) is 0 Å². The average Bonchev–Trinajstić information content (AvgIpc) is 3.95. The van der Waals surface area contributed by atoms with Gasteiger partial charge in [0.05, 0.1) is 12.7 Å².